The molecule has 166 valence electrons. The van der Waals surface area contributed by atoms with Crippen LogP contribution in [0.25, 0.3) is 6.08 Å². The summed E-state index contributed by atoms with van der Waals surface area (Å²) in [6, 6.07) is 10.8. The van der Waals surface area contributed by atoms with E-state index < -0.39 is 10.0 Å². The number of nitrogens with zero attached hydrogens (tertiary/aromatic N) is 1. The number of hydrogen-bond donors (Lipinski definition) is 1. The highest BCUT2D eigenvalue weighted by Crippen LogP contribution is 2.28. The Bertz CT molecular complexity index is 1030. The van der Waals surface area contributed by atoms with Crippen molar-refractivity contribution < 1.29 is 27.1 Å². The maximum atomic E-state index is 13.0. The summed E-state index contributed by atoms with van der Waals surface area (Å²) in [5.74, 6) is -0.367. The predicted octanol–water partition coefficient (Wildman–Crippen LogP) is 2.23. The lowest BCUT2D eigenvalue weighted by molar-refractivity contribution is -0.116. The molecular weight excluding hydrogens is 423 g/mol. The molecule has 0 aliphatic carbocycles. The van der Waals surface area contributed by atoms with Gasteiger partial charge in [0.2, 0.25) is 15.9 Å². The minimum absolute atomic E-state index is 0.0516. The first-order valence-corrected chi connectivity index (χ1v) is 11.3. The second-order valence-corrected chi connectivity index (χ2v) is 8.83. The lowest BCUT2D eigenvalue weighted by Crippen LogP contribution is -2.40. The Balaban J connectivity index is 1.65. The molecule has 0 radical (unpaired) electrons. The van der Waals surface area contributed by atoms with E-state index in [0.717, 1.165) is 5.56 Å². The number of hydrogen-bond acceptors (Lipinski definition) is 5. The summed E-state index contributed by atoms with van der Waals surface area (Å²) in [5, 5.41) is 2.75. The van der Waals surface area contributed by atoms with Crippen LogP contribution in [-0.2, 0) is 26.0 Å². The standard InChI is InChI=1S/C22H25FN2O5S/c1-29-20-8-4-18(16-21(20)31(27,28)25-12-14-30-15-13-25)5-9-22(26)24-11-10-17-2-6-19(23)7-3-17/h2-9,16H,10-15H2,1H3,(H,24,26)/b9-5+. The summed E-state index contributed by atoms with van der Waals surface area (Å²) in [7, 11) is -2.33. The Morgan fingerprint density at radius 1 is 1.19 bits per heavy atom. The van der Waals surface area contributed by atoms with Crippen LogP contribution in [-0.4, -0.2) is 58.6 Å². The number of amides is 1. The molecule has 31 heavy (non-hydrogen) atoms. The van der Waals surface area contributed by atoms with Crippen LogP contribution in [0.1, 0.15) is 11.1 Å². The van der Waals surface area contributed by atoms with Crippen molar-refractivity contribution >= 4 is 22.0 Å². The van der Waals surface area contributed by atoms with Crippen LogP contribution in [0.2, 0.25) is 0 Å². The van der Waals surface area contributed by atoms with E-state index in [-0.39, 0.29) is 35.5 Å². The number of halogens is 1. The molecule has 0 aromatic heterocycles. The number of benzene rings is 2. The molecule has 0 atom stereocenters. The van der Waals surface area contributed by atoms with Gasteiger partial charge in [0.15, 0.2) is 0 Å². The maximum absolute atomic E-state index is 13.0. The Morgan fingerprint density at radius 3 is 2.58 bits per heavy atom. The largest absolute Gasteiger partial charge is 0.495 e. The van der Waals surface area contributed by atoms with E-state index in [1.54, 1.807) is 30.3 Å². The summed E-state index contributed by atoms with van der Waals surface area (Å²) in [5.41, 5.74) is 1.47. The number of carbonyl (C=O) groups excluding carboxylic acids is 1. The molecule has 2 aromatic rings. The van der Waals surface area contributed by atoms with E-state index in [4.69, 9.17) is 9.47 Å². The first kappa shape index (κ1) is 22.9. The van der Waals surface area contributed by atoms with Crippen LogP contribution < -0.4 is 10.1 Å². The summed E-state index contributed by atoms with van der Waals surface area (Å²) in [6.45, 7) is 1.65. The van der Waals surface area contributed by atoms with Crippen molar-refractivity contribution in [1.82, 2.24) is 9.62 Å². The van der Waals surface area contributed by atoms with Crippen molar-refractivity contribution in [2.75, 3.05) is 40.0 Å². The third-order valence-corrected chi connectivity index (χ3v) is 6.75. The molecular formula is C22H25FN2O5S. The van der Waals surface area contributed by atoms with E-state index in [2.05, 4.69) is 5.32 Å². The summed E-state index contributed by atoms with van der Waals surface area (Å²) in [6.07, 6.45) is 3.47. The smallest absolute Gasteiger partial charge is 0.246 e. The highest BCUT2D eigenvalue weighted by atomic mass is 32.2. The van der Waals surface area contributed by atoms with Crippen LogP contribution in [0, 0.1) is 5.82 Å². The minimum atomic E-state index is -3.75. The quantitative estimate of drug-likeness (QED) is 0.626. The van der Waals surface area contributed by atoms with Crippen LogP contribution >= 0.6 is 0 Å². The number of sulfonamides is 1. The van der Waals surface area contributed by atoms with Gasteiger partial charge in [0, 0.05) is 25.7 Å². The van der Waals surface area contributed by atoms with Crippen LogP contribution in [0.15, 0.2) is 53.4 Å². The first-order valence-electron chi connectivity index (χ1n) is 9.86. The van der Waals surface area contributed by atoms with Gasteiger partial charge in [0.05, 0.1) is 20.3 Å². The molecule has 0 spiro atoms. The lowest BCUT2D eigenvalue weighted by Gasteiger charge is -2.26. The van der Waals surface area contributed by atoms with Crippen molar-refractivity contribution in [3.05, 3.63) is 65.5 Å². The molecule has 9 heteroatoms. The second-order valence-electron chi connectivity index (χ2n) is 6.93. The number of nitrogens with one attached hydrogen (secondary N) is 1. The van der Waals surface area contributed by atoms with Gasteiger partial charge in [0.1, 0.15) is 16.5 Å². The van der Waals surface area contributed by atoms with Gasteiger partial charge in [-0.15, -0.1) is 0 Å². The van der Waals surface area contributed by atoms with E-state index in [0.29, 0.717) is 31.7 Å². The van der Waals surface area contributed by atoms with Gasteiger partial charge in [-0.05, 0) is 47.9 Å². The Hall–Kier alpha value is -2.75. The molecule has 1 heterocycles. The average molecular weight is 449 g/mol. The van der Waals surface area contributed by atoms with Crippen LogP contribution in [0.5, 0.6) is 5.75 Å². The number of rotatable bonds is 8. The molecule has 1 N–H and O–H groups in total. The molecule has 2 aromatic carbocycles. The van der Waals surface area contributed by atoms with Gasteiger partial charge in [-0.25, -0.2) is 12.8 Å². The van der Waals surface area contributed by atoms with Gasteiger partial charge in [-0.1, -0.05) is 18.2 Å². The second kappa shape index (κ2) is 10.5. The van der Waals surface area contributed by atoms with Crippen molar-refractivity contribution in [3.63, 3.8) is 0 Å². The highest BCUT2D eigenvalue weighted by molar-refractivity contribution is 7.89. The van der Waals surface area contributed by atoms with Crippen molar-refractivity contribution in [3.8, 4) is 5.75 Å². The van der Waals surface area contributed by atoms with Gasteiger partial charge < -0.3 is 14.8 Å². The van der Waals surface area contributed by atoms with Gasteiger partial charge in [0.25, 0.3) is 0 Å². The molecule has 7 nitrogen and oxygen atoms in total. The molecule has 1 fully saturated rings. The molecule has 1 aliphatic heterocycles. The van der Waals surface area contributed by atoms with E-state index in [1.165, 1.54) is 35.7 Å². The normalized spacial score (nSPS) is 15.2. The van der Waals surface area contributed by atoms with Crippen molar-refractivity contribution in [2.24, 2.45) is 0 Å². The monoisotopic (exact) mass is 448 g/mol. The number of carbonyl (C=O) groups is 1. The zero-order valence-corrected chi connectivity index (χ0v) is 18.0. The fourth-order valence-electron chi connectivity index (χ4n) is 3.14. The Labute approximate surface area is 181 Å². The maximum Gasteiger partial charge on any atom is 0.246 e. The topological polar surface area (TPSA) is 84.9 Å². The van der Waals surface area contributed by atoms with Crippen molar-refractivity contribution in [1.29, 1.82) is 0 Å². The van der Waals surface area contributed by atoms with Crippen LogP contribution in [0.3, 0.4) is 0 Å². The van der Waals surface area contributed by atoms with E-state index >= 15 is 0 Å². The third-order valence-electron chi connectivity index (χ3n) is 4.83. The molecule has 1 saturated heterocycles. The molecule has 0 saturated carbocycles. The highest BCUT2D eigenvalue weighted by Gasteiger charge is 2.29. The van der Waals surface area contributed by atoms with Crippen LogP contribution in [0.4, 0.5) is 4.39 Å². The zero-order valence-electron chi connectivity index (χ0n) is 17.2. The van der Waals surface area contributed by atoms with Gasteiger partial charge in [-0.3, -0.25) is 4.79 Å². The first-order chi connectivity index (χ1) is 14.9. The third kappa shape index (κ3) is 6.13. The van der Waals surface area contributed by atoms with Gasteiger partial charge >= 0.3 is 0 Å². The molecule has 0 unspecified atom stereocenters. The predicted molar refractivity (Wildman–Crippen MR) is 115 cm³/mol. The summed E-state index contributed by atoms with van der Waals surface area (Å²) in [4.78, 5) is 12.1. The number of morpholine rings is 1. The summed E-state index contributed by atoms with van der Waals surface area (Å²) < 4.78 is 50.8. The van der Waals surface area contributed by atoms with E-state index in [1.807, 2.05) is 0 Å². The summed E-state index contributed by atoms with van der Waals surface area (Å²) >= 11 is 0. The molecule has 1 aliphatic rings. The minimum Gasteiger partial charge on any atom is -0.495 e. The SMILES string of the molecule is COc1ccc(/C=C/C(=O)NCCc2ccc(F)cc2)cc1S(=O)(=O)N1CCOCC1. The van der Waals surface area contributed by atoms with Gasteiger partial charge in [-0.2, -0.15) is 4.31 Å². The van der Waals surface area contributed by atoms with Crippen molar-refractivity contribution in [2.45, 2.75) is 11.3 Å². The lowest BCUT2D eigenvalue weighted by atomic mass is 10.1. The average Bonchev–Trinajstić information content (AvgIpc) is 2.79. The van der Waals surface area contributed by atoms with E-state index in [9.17, 15) is 17.6 Å². The number of methoxy groups -OCH3 is 1. The number of ether oxygens (including phenoxy) is 2. The molecule has 1 amide bonds. The zero-order chi connectivity index (χ0) is 22.3. The molecule has 3 rings (SSSR count). The molecule has 0 bridgehead atoms. The fourth-order valence-corrected chi connectivity index (χ4v) is 4.74. The Morgan fingerprint density at radius 2 is 1.90 bits per heavy atom. The Kier molecular flexibility index (Phi) is 7.78. The fraction of sp³-hybridized carbons (Fsp3) is 0.318.